The van der Waals surface area contributed by atoms with Gasteiger partial charge in [-0.25, -0.2) is 4.79 Å². The maximum Gasteiger partial charge on any atom is 0.332 e. The summed E-state index contributed by atoms with van der Waals surface area (Å²) in [6.45, 7) is 15.5. The molecule has 19 nitrogen and oxygen atoms in total. The van der Waals surface area contributed by atoms with E-state index in [0.717, 1.165) is 0 Å². The van der Waals surface area contributed by atoms with Crippen molar-refractivity contribution in [1.29, 1.82) is 0 Å². The zero-order chi connectivity index (χ0) is 54.0. The second-order valence-electron chi connectivity index (χ2n) is 20.8. The van der Waals surface area contributed by atoms with Crippen LogP contribution in [-0.4, -0.2) is 153 Å². The van der Waals surface area contributed by atoms with E-state index >= 15 is 0 Å². The van der Waals surface area contributed by atoms with Crippen molar-refractivity contribution in [2.45, 2.75) is 103 Å². The molecule has 0 aromatic heterocycles. The molecule has 3 heterocycles. The predicted octanol–water partition coefficient (Wildman–Crippen LogP) is 2.88. The average Bonchev–Trinajstić information content (AvgIpc) is 4.18. The fourth-order valence-corrected chi connectivity index (χ4v) is 13.2. The third-order valence-electron chi connectivity index (χ3n) is 15.8. The molecule has 3 aliphatic heterocycles. The number of hydrogen-bond donors (Lipinski definition) is 5. The van der Waals surface area contributed by atoms with Gasteiger partial charge in [-0.1, -0.05) is 43.4 Å². The summed E-state index contributed by atoms with van der Waals surface area (Å²) in [6, 6.07) is 0.0331. The summed E-state index contributed by atoms with van der Waals surface area (Å²) < 4.78 is 5.32. The lowest BCUT2D eigenvalue weighted by molar-refractivity contribution is -0.150. The minimum atomic E-state index is -1.12. The summed E-state index contributed by atoms with van der Waals surface area (Å²) in [5.41, 5.74) is 0. The molecule has 0 bridgehead atoms. The van der Waals surface area contributed by atoms with Gasteiger partial charge in [0.25, 0.3) is 0 Å². The van der Waals surface area contributed by atoms with Gasteiger partial charge in [0.05, 0.1) is 47.4 Å². The van der Waals surface area contributed by atoms with Crippen molar-refractivity contribution in [1.82, 2.24) is 30.7 Å². The highest BCUT2D eigenvalue weighted by Gasteiger charge is 2.60. The van der Waals surface area contributed by atoms with Crippen LogP contribution in [0, 0.1) is 71.0 Å². The molecule has 6 fully saturated rings. The van der Waals surface area contributed by atoms with Crippen LogP contribution in [0.3, 0.4) is 0 Å². The molecule has 0 radical (unpaired) electrons. The van der Waals surface area contributed by atoms with Crippen LogP contribution in [0.1, 0.15) is 85.5 Å². The smallest absolute Gasteiger partial charge is 0.332 e. The first-order valence-corrected chi connectivity index (χ1v) is 27.5. The number of allylic oxidation sites excluding steroid dienone is 6. The number of carbonyl (C=O) groups is 10. The van der Waals surface area contributed by atoms with Gasteiger partial charge in [-0.2, -0.15) is 0 Å². The van der Waals surface area contributed by atoms with Gasteiger partial charge in [0.2, 0.25) is 53.2 Å². The highest BCUT2D eigenvalue weighted by atomic mass is 32.2. The standard InChI is InChI=1S/C54H76N6O13S/c1-7-32-27-34(43-41(32)48(65)58(50(43)67)21-11-14-40(63)56-20-26-74-38(9-3)47(64)57-30(4)5)15-17-36-29-37(46-45(36)52(69)59(53(46)70)22-10-13-39(62)55-19-24-61)18-16-35-28-33(8-2)42-44(35)51(68)60(49(42)66)23-12-25-73-31(6)54(71)72/h7-8,15-18,30-38,41-46,61H,1-2,9-14,19-29H2,3-6H3,(H,55,62)(H,56,63)(H,57,64)(H,71,72). The highest BCUT2D eigenvalue weighted by molar-refractivity contribution is 8.00. The molecule has 9 amide bonds. The number of hydrogen-bond acceptors (Lipinski definition) is 13. The number of thioether (sulfide) groups is 1. The van der Waals surface area contributed by atoms with Gasteiger partial charge in [0.15, 0.2) is 6.10 Å². The number of carboxylic acids is 1. The molecule has 0 aromatic rings. The molecule has 6 aliphatic rings. The molecule has 6 rings (SSSR count). The molecule has 3 saturated carbocycles. The Balaban J connectivity index is 1.13. The SMILES string of the molecule is C=CC1CC(C=CC2CC(C=CC3CC(C=C)C4C(=O)N(CCCC(=O)NCCSC(CC)C(=O)NC(C)C)C(=O)C34)C3C(=O)N(CCCC(=O)NCCO)C(=O)C23)C2C(=O)N(CCCOC(C)C(=O)O)C(=O)C12. The second-order valence-corrected chi connectivity index (χ2v) is 22.1. The lowest BCUT2D eigenvalue weighted by Crippen LogP contribution is -2.37. The van der Waals surface area contributed by atoms with Crippen LogP contribution in [0.15, 0.2) is 49.6 Å². The van der Waals surface area contributed by atoms with Crippen molar-refractivity contribution in [2.24, 2.45) is 71.0 Å². The lowest BCUT2D eigenvalue weighted by Gasteiger charge is -2.21. The molecule has 406 valence electrons. The van der Waals surface area contributed by atoms with E-state index in [1.54, 1.807) is 12.2 Å². The Morgan fingerprint density at radius 2 is 1.01 bits per heavy atom. The van der Waals surface area contributed by atoms with E-state index in [1.807, 2.05) is 45.1 Å². The first-order chi connectivity index (χ1) is 35.4. The number of imide groups is 3. The van der Waals surface area contributed by atoms with Gasteiger partial charge >= 0.3 is 5.97 Å². The quantitative estimate of drug-likeness (QED) is 0.0410. The Morgan fingerprint density at radius 1 is 0.635 bits per heavy atom. The Bertz CT molecular complexity index is 2230. The number of aliphatic hydroxyl groups is 1. The number of rotatable bonds is 29. The Labute approximate surface area is 438 Å². The average molecular weight is 1050 g/mol. The van der Waals surface area contributed by atoms with Crippen LogP contribution in [0.2, 0.25) is 0 Å². The molecule has 0 spiro atoms. The number of nitrogens with zero attached hydrogens (tertiary/aromatic N) is 3. The molecular formula is C54H76N6O13S. The summed E-state index contributed by atoms with van der Waals surface area (Å²) >= 11 is 1.48. The van der Waals surface area contributed by atoms with Crippen molar-refractivity contribution in [2.75, 3.05) is 51.7 Å². The van der Waals surface area contributed by atoms with Crippen LogP contribution in [-0.2, 0) is 52.7 Å². The summed E-state index contributed by atoms with van der Waals surface area (Å²) in [6.07, 6.45) is 12.9. The molecule has 14 unspecified atom stereocenters. The van der Waals surface area contributed by atoms with E-state index in [9.17, 15) is 47.9 Å². The van der Waals surface area contributed by atoms with Gasteiger partial charge in [0.1, 0.15) is 0 Å². The van der Waals surface area contributed by atoms with Crippen molar-refractivity contribution in [3.63, 3.8) is 0 Å². The van der Waals surface area contributed by atoms with E-state index < -0.39 is 59.4 Å². The Morgan fingerprint density at radius 3 is 1.38 bits per heavy atom. The number of nitrogens with one attached hydrogen (secondary N) is 3. The van der Waals surface area contributed by atoms with E-state index in [4.69, 9.17) is 14.9 Å². The summed E-state index contributed by atoms with van der Waals surface area (Å²) in [5, 5.41) is 26.4. The van der Waals surface area contributed by atoms with E-state index in [1.165, 1.54) is 33.4 Å². The first kappa shape index (κ1) is 57.8. The van der Waals surface area contributed by atoms with E-state index in [2.05, 4.69) is 29.1 Å². The third-order valence-corrected chi connectivity index (χ3v) is 17.2. The minimum Gasteiger partial charge on any atom is -0.479 e. The summed E-state index contributed by atoms with van der Waals surface area (Å²) in [5.74, 6) is -9.42. The van der Waals surface area contributed by atoms with Crippen LogP contribution >= 0.6 is 11.8 Å². The van der Waals surface area contributed by atoms with Crippen molar-refractivity contribution in [3.8, 4) is 0 Å². The Kier molecular flexibility index (Phi) is 20.6. The fraction of sp³-hybridized carbons (Fsp3) is 0.667. The molecular weight excluding hydrogens is 973 g/mol. The van der Waals surface area contributed by atoms with Crippen LogP contribution in [0.5, 0.6) is 0 Å². The number of amides is 9. The molecule has 0 aromatic carbocycles. The van der Waals surface area contributed by atoms with Gasteiger partial charge in [-0.3, -0.25) is 57.9 Å². The van der Waals surface area contributed by atoms with Gasteiger partial charge in [-0.15, -0.1) is 24.9 Å². The summed E-state index contributed by atoms with van der Waals surface area (Å²) in [4.78, 5) is 137. The van der Waals surface area contributed by atoms with Crippen LogP contribution < -0.4 is 16.0 Å². The topological polar surface area (TPSA) is 266 Å². The molecule has 74 heavy (non-hydrogen) atoms. The monoisotopic (exact) mass is 1050 g/mol. The van der Waals surface area contributed by atoms with Crippen molar-refractivity contribution < 1.29 is 62.9 Å². The number of aliphatic hydroxyl groups excluding tert-OH is 1. The number of fused-ring (bicyclic) bond motifs is 3. The molecule has 14 atom stereocenters. The summed E-state index contributed by atoms with van der Waals surface area (Å²) in [7, 11) is 0. The Hall–Kier alpha value is -5.47. The number of carbonyl (C=O) groups excluding carboxylic acids is 9. The molecule has 5 N–H and O–H groups in total. The molecule has 3 saturated heterocycles. The first-order valence-electron chi connectivity index (χ1n) is 26.5. The normalized spacial score (nSPS) is 30.2. The van der Waals surface area contributed by atoms with Crippen LogP contribution in [0.25, 0.3) is 0 Å². The van der Waals surface area contributed by atoms with Gasteiger partial charge in [-0.05, 0) is 101 Å². The minimum absolute atomic E-state index is 0.0166. The van der Waals surface area contributed by atoms with Crippen molar-refractivity contribution >= 4 is 70.9 Å². The van der Waals surface area contributed by atoms with E-state index in [0.29, 0.717) is 38.0 Å². The van der Waals surface area contributed by atoms with Crippen LogP contribution in [0.4, 0.5) is 0 Å². The zero-order valence-electron chi connectivity index (χ0n) is 43.2. The molecule has 3 aliphatic carbocycles. The number of carboxylic acid groups (broad SMARTS) is 1. The number of ether oxygens (including phenoxy) is 1. The van der Waals surface area contributed by atoms with Gasteiger partial charge < -0.3 is 30.9 Å². The maximum atomic E-state index is 14.3. The van der Waals surface area contributed by atoms with Gasteiger partial charge in [0, 0.05) is 64.0 Å². The third kappa shape index (κ3) is 12.9. The maximum absolute atomic E-state index is 14.3. The largest absolute Gasteiger partial charge is 0.479 e. The van der Waals surface area contributed by atoms with Crippen molar-refractivity contribution in [3.05, 3.63) is 49.6 Å². The highest BCUT2D eigenvalue weighted by Crippen LogP contribution is 2.53. The van der Waals surface area contributed by atoms with E-state index in [-0.39, 0.29) is 160 Å². The molecule has 20 heteroatoms. The number of likely N-dealkylation sites (tertiary alicyclic amines) is 3. The predicted molar refractivity (Wildman–Crippen MR) is 274 cm³/mol. The second kappa shape index (κ2) is 26.3. The number of aliphatic carboxylic acids is 1. The fourth-order valence-electron chi connectivity index (χ4n) is 12.2. The zero-order valence-corrected chi connectivity index (χ0v) is 44.0. The lowest BCUT2D eigenvalue weighted by atomic mass is 9.86.